The summed E-state index contributed by atoms with van der Waals surface area (Å²) in [4.78, 5) is 0. The summed E-state index contributed by atoms with van der Waals surface area (Å²) in [6.45, 7) is 4.55. The van der Waals surface area contributed by atoms with E-state index < -0.39 is 0 Å². The molecule has 1 aromatic rings. The Labute approximate surface area is 125 Å². The lowest BCUT2D eigenvalue weighted by Gasteiger charge is -2.26. The van der Waals surface area contributed by atoms with Crippen molar-refractivity contribution in [3.63, 3.8) is 0 Å². The maximum Gasteiger partial charge on any atom is -0.00975 e. The average Bonchev–Trinajstić information content (AvgIpc) is 2.53. The van der Waals surface area contributed by atoms with Gasteiger partial charge in [-0.15, -0.1) is 0 Å². The standard InChI is InChI=1S/C20H30/c1-3-17-9-13-19(14-10-17)7-5-6-8-20-15-11-18(4-2)12-16-20/h5-6,9-10,13-14,18,20H,3-4,7-8,11-12,15-16H2,1-2H3/b6-5-. The fraction of sp³-hybridized carbons (Fsp3) is 0.600. The Hall–Kier alpha value is -1.04. The number of allylic oxidation sites excluding steroid dienone is 2. The molecule has 1 aromatic carbocycles. The lowest BCUT2D eigenvalue weighted by molar-refractivity contribution is 0.271. The van der Waals surface area contributed by atoms with E-state index in [0.717, 1.165) is 24.7 Å². The molecule has 0 N–H and O–H groups in total. The summed E-state index contributed by atoms with van der Waals surface area (Å²) < 4.78 is 0. The third kappa shape index (κ3) is 4.81. The van der Waals surface area contributed by atoms with E-state index in [4.69, 9.17) is 0 Å². The molecular weight excluding hydrogens is 240 g/mol. The molecule has 1 aliphatic carbocycles. The van der Waals surface area contributed by atoms with Crippen LogP contribution in [0.4, 0.5) is 0 Å². The van der Waals surface area contributed by atoms with Gasteiger partial charge in [-0.25, -0.2) is 0 Å². The van der Waals surface area contributed by atoms with Gasteiger partial charge in [0.15, 0.2) is 0 Å². The number of hydrogen-bond donors (Lipinski definition) is 0. The Balaban J connectivity index is 1.68. The third-order valence-electron chi connectivity index (χ3n) is 4.96. The van der Waals surface area contributed by atoms with Gasteiger partial charge in [0.2, 0.25) is 0 Å². The zero-order valence-electron chi connectivity index (χ0n) is 13.3. The molecule has 0 saturated heterocycles. The van der Waals surface area contributed by atoms with Crippen molar-refractivity contribution < 1.29 is 0 Å². The van der Waals surface area contributed by atoms with Crippen LogP contribution in [-0.4, -0.2) is 0 Å². The number of hydrogen-bond acceptors (Lipinski definition) is 0. The van der Waals surface area contributed by atoms with Crippen LogP contribution < -0.4 is 0 Å². The topological polar surface area (TPSA) is 0 Å². The predicted octanol–water partition coefficient (Wildman–Crippen LogP) is 5.95. The van der Waals surface area contributed by atoms with E-state index in [9.17, 15) is 0 Å². The van der Waals surface area contributed by atoms with Crippen LogP contribution in [0.3, 0.4) is 0 Å². The summed E-state index contributed by atoms with van der Waals surface area (Å²) in [5.74, 6) is 1.98. The molecule has 0 atom stereocenters. The Morgan fingerprint density at radius 2 is 1.45 bits per heavy atom. The Kier molecular flexibility index (Phi) is 6.36. The molecule has 2 rings (SSSR count). The van der Waals surface area contributed by atoms with Crippen molar-refractivity contribution in [1.82, 2.24) is 0 Å². The predicted molar refractivity (Wildman–Crippen MR) is 89.0 cm³/mol. The van der Waals surface area contributed by atoms with Gasteiger partial charge >= 0.3 is 0 Å². The fourth-order valence-electron chi connectivity index (χ4n) is 3.29. The SMILES string of the molecule is CCc1ccc(C/C=C\CC2CCC(CC)CC2)cc1. The Morgan fingerprint density at radius 1 is 0.850 bits per heavy atom. The first-order valence-electron chi connectivity index (χ1n) is 8.54. The number of rotatable bonds is 6. The second-order valence-electron chi connectivity index (χ2n) is 6.38. The highest BCUT2D eigenvalue weighted by Gasteiger charge is 2.18. The second kappa shape index (κ2) is 8.29. The van der Waals surface area contributed by atoms with Gasteiger partial charge in [-0.3, -0.25) is 0 Å². The summed E-state index contributed by atoms with van der Waals surface area (Å²) in [6, 6.07) is 9.07. The van der Waals surface area contributed by atoms with Crippen molar-refractivity contribution >= 4 is 0 Å². The highest BCUT2D eigenvalue weighted by molar-refractivity contribution is 5.24. The van der Waals surface area contributed by atoms with E-state index in [-0.39, 0.29) is 0 Å². The molecule has 1 saturated carbocycles. The molecule has 20 heavy (non-hydrogen) atoms. The van der Waals surface area contributed by atoms with Crippen molar-refractivity contribution in [2.75, 3.05) is 0 Å². The van der Waals surface area contributed by atoms with Crippen molar-refractivity contribution in [1.29, 1.82) is 0 Å². The lowest BCUT2D eigenvalue weighted by Crippen LogP contribution is -2.13. The monoisotopic (exact) mass is 270 g/mol. The molecule has 0 amide bonds. The number of benzene rings is 1. The zero-order valence-corrected chi connectivity index (χ0v) is 13.3. The third-order valence-corrected chi connectivity index (χ3v) is 4.96. The molecule has 0 aromatic heterocycles. The zero-order chi connectivity index (χ0) is 14.2. The largest absolute Gasteiger partial charge is 0.0879 e. The smallest absolute Gasteiger partial charge is 0.00975 e. The molecule has 0 bridgehead atoms. The van der Waals surface area contributed by atoms with Crippen LogP contribution in [0.2, 0.25) is 0 Å². The van der Waals surface area contributed by atoms with E-state index in [1.54, 1.807) is 0 Å². The molecule has 0 heterocycles. The number of aryl methyl sites for hydroxylation is 1. The molecular formula is C20H30. The molecule has 0 spiro atoms. The van der Waals surface area contributed by atoms with E-state index >= 15 is 0 Å². The molecule has 0 heteroatoms. The van der Waals surface area contributed by atoms with Crippen molar-refractivity contribution in [3.8, 4) is 0 Å². The quantitative estimate of drug-likeness (QED) is 0.560. The first-order chi connectivity index (χ1) is 9.81. The molecule has 1 fully saturated rings. The highest BCUT2D eigenvalue weighted by Crippen LogP contribution is 2.32. The normalized spacial score (nSPS) is 23.3. The molecule has 0 unspecified atom stereocenters. The van der Waals surface area contributed by atoms with Crippen LogP contribution in [0.25, 0.3) is 0 Å². The first-order valence-corrected chi connectivity index (χ1v) is 8.54. The minimum absolute atomic E-state index is 0.955. The van der Waals surface area contributed by atoms with Crippen molar-refractivity contribution in [2.45, 2.75) is 65.2 Å². The first kappa shape index (κ1) is 15.4. The van der Waals surface area contributed by atoms with Crippen LogP contribution in [-0.2, 0) is 12.8 Å². The average molecular weight is 270 g/mol. The van der Waals surface area contributed by atoms with Crippen molar-refractivity contribution in [3.05, 3.63) is 47.5 Å². The summed E-state index contributed by atoms with van der Waals surface area (Å²) in [5.41, 5.74) is 2.87. The van der Waals surface area contributed by atoms with Gasteiger partial charge < -0.3 is 0 Å². The fourth-order valence-corrected chi connectivity index (χ4v) is 3.29. The summed E-state index contributed by atoms with van der Waals surface area (Å²) in [7, 11) is 0. The van der Waals surface area contributed by atoms with Crippen LogP contribution >= 0.6 is 0 Å². The van der Waals surface area contributed by atoms with Gasteiger partial charge in [-0.05, 0) is 55.1 Å². The molecule has 0 aliphatic heterocycles. The molecule has 0 nitrogen and oxygen atoms in total. The molecule has 0 radical (unpaired) electrons. The lowest BCUT2D eigenvalue weighted by atomic mass is 9.79. The van der Waals surface area contributed by atoms with Crippen molar-refractivity contribution in [2.24, 2.45) is 11.8 Å². The van der Waals surface area contributed by atoms with Gasteiger partial charge in [0, 0.05) is 0 Å². The van der Waals surface area contributed by atoms with E-state index in [1.807, 2.05) is 0 Å². The Bertz CT molecular complexity index is 391. The van der Waals surface area contributed by atoms with E-state index in [0.29, 0.717) is 0 Å². The van der Waals surface area contributed by atoms with E-state index in [2.05, 4.69) is 50.3 Å². The van der Waals surface area contributed by atoms with Gasteiger partial charge in [0.05, 0.1) is 0 Å². The Morgan fingerprint density at radius 3 is 2.05 bits per heavy atom. The highest BCUT2D eigenvalue weighted by atomic mass is 14.2. The molecule has 1 aliphatic rings. The summed E-state index contributed by atoms with van der Waals surface area (Å²) in [6.07, 6.45) is 15.5. The van der Waals surface area contributed by atoms with Crippen LogP contribution in [0.15, 0.2) is 36.4 Å². The minimum atomic E-state index is 0.955. The molecule has 110 valence electrons. The second-order valence-corrected chi connectivity index (χ2v) is 6.38. The van der Waals surface area contributed by atoms with E-state index in [1.165, 1.54) is 49.7 Å². The van der Waals surface area contributed by atoms with Gasteiger partial charge in [-0.2, -0.15) is 0 Å². The van der Waals surface area contributed by atoms with Gasteiger partial charge in [0.25, 0.3) is 0 Å². The minimum Gasteiger partial charge on any atom is -0.0879 e. The van der Waals surface area contributed by atoms with Crippen LogP contribution in [0, 0.1) is 11.8 Å². The van der Waals surface area contributed by atoms with Crippen LogP contribution in [0.1, 0.15) is 63.5 Å². The summed E-state index contributed by atoms with van der Waals surface area (Å²) in [5, 5.41) is 0. The maximum absolute atomic E-state index is 2.42. The maximum atomic E-state index is 2.42. The van der Waals surface area contributed by atoms with Gasteiger partial charge in [-0.1, -0.05) is 69.5 Å². The van der Waals surface area contributed by atoms with Crippen LogP contribution in [0.5, 0.6) is 0 Å². The summed E-state index contributed by atoms with van der Waals surface area (Å²) >= 11 is 0. The van der Waals surface area contributed by atoms with Gasteiger partial charge in [0.1, 0.15) is 0 Å².